The lowest BCUT2D eigenvalue weighted by Gasteiger charge is -2.29. The number of phenols is 1. The van der Waals surface area contributed by atoms with Crippen LogP contribution in [0.5, 0.6) is 5.75 Å². The standard InChI is InChI=1S/C31H32ClN7O3/c1-3-4-9-26-34-28(32)27(31(33,30(41)42-2)18-20-12-16-23(40)17-13-20)39(26)19-21-10-14-22(15-11-21)24-7-5-6-8-25(24)29-35-37-38-36-29/h5-8,10-17,40H,3-4,9,18-19,33H2,1-2H3,(H,35,36,37,38)/t31-/m1/s1. The molecule has 216 valence electrons. The number of phenolic OH excluding ortho intramolecular Hbond substituents is 1. The highest BCUT2D eigenvalue weighted by Gasteiger charge is 2.43. The molecular weight excluding hydrogens is 554 g/mol. The summed E-state index contributed by atoms with van der Waals surface area (Å²) in [5, 5.41) is 24.4. The number of imidazole rings is 1. The van der Waals surface area contributed by atoms with E-state index in [9.17, 15) is 9.90 Å². The van der Waals surface area contributed by atoms with E-state index in [2.05, 4.69) is 32.5 Å². The van der Waals surface area contributed by atoms with Crippen LogP contribution in [-0.2, 0) is 34.5 Å². The number of halogens is 1. The quantitative estimate of drug-likeness (QED) is 0.183. The van der Waals surface area contributed by atoms with E-state index >= 15 is 0 Å². The number of nitrogens with zero attached hydrogens (tertiary/aromatic N) is 5. The first kappa shape index (κ1) is 29.0. The zero-order valence-electron chi connectivity index (χ0n) is 23.4. The summed E-state index contributed by atoms with van der Waals surface area (Å²) >= 11 is 6.76. The van der Waals surface area contributed by atoms with Crippen LogP contribution in [0.2, 0.25) is 5.15 Å². The second kappa shape index (κ2) is 12.5. The molecular formula is C31H32ClN7O3. The molecule has 0 aliphatic carbocycles. The van der Waals surface area contributed by atoms with Crippen molar-refractivity contribution in [3.05, 3.63) is 101 Å². The second-order valence-corrected chi connectivity index (χ2v) is 10.5. The third-order valence-electron chi connectivity index (χ3n) is 7.27. The van der Waals surface area contributed by atoms with Crippen molar-refractivity contribution in [3.63, 3.8) is 0 Å². The lowest BCUT2D eigenvalue weighted by atomic mass is 9.88. The fourth-order valence-corrected chi connectivity index (χ4v) is 5.50. The van der Waals surface area contributed by atoms with Crippen molar-refractivity contribution >= 4 is 17.6 Å². The predicted octanol–water partition coefficient (Wildman–Crippen LogP) is 5.05. The van der Waals surface area contributed by atoms with Gasteiger partial charge in [-0.25, -0.2) is 9.78 Å². The number of esters is 1. The molecule has 4 N–H and O–H groups in total. The van der Waals surface area contributed by atoms with E-state index in [1.54, 1.807) is 24.3 Å². The van der Waals surface area contributed by atoms with E-state index in [0.717, 1.165) is 46.5 Å². The highest BCUT2D eigenvalue weighted by atomic mass is 35.5. The molecule has 3 aromatic carbocycles. The van der Waals surface area contributed by atoms with Gasteiger partial charge in [0.2, 0.25) is 5.82 Å². The van der Waals surface area contributed by atoms with Gasteiger partial charge in [-0.15, -0.1) is 10.2 Å². The van der Waals surface area contributed by atoms with Crippen molar-refractivity contribution in [2.24, 2.45) is 5.73 Å². The van der Waals surface area contributed by atoms with Gasteiger partial charge in [0, 0.05) is 24.9 Å². The lowest BCUT2D eigenvalue weighted by Crippen LogP contribution is -2.49. The molecule has 5 aromatic rings. The minimum absolute atomic E-state index is 0.102. The van der Waals surface area contributed by atoms with Crippen LogP contribution < -0.4 is 5.73 Å². The van der Waals surface area contributed by atoms with Crippen molar-refractivity contribution in [1.82, 2.24) is 30.2 Å². The SMILES string of the molecule is CCCCc1nc(Cl)c([C@](N)(Cc2ccc(O)cc2)C(=O)OC)n1Cc1ccc(-c2ccccc2-c2nn[nH]n2)cc1. The summed E-state index contributed by atoms with van der Waals surface area (Å²) in [4.78, 5) is 18.0. The highest BCUT2D eigenvalue weighted by molar-refractivity contribution is 6.30. The summed E-state index contributed by atoms with van der Waals surface area (Å²) in [6.07, 6.45) is 2.63. The topological polar surface area (TPSA) is 145 Å². The van der Waals surface area contributed by atoms with Crippen molar-refractivity contribution in [2.75, 3.05) is 7.11 Å². The van der Waals surface area contributed by atoms with Crippen molar-refractivity contribution < 1.29 is 14.6 Å². The van der Waals surface area contributed by atoms with Crippen LogP contribution in [0.1, 0.15) is 42.4 Å². The molecule has 1 atom stereocenters. The Balaban J connectivity index is 1.54. The molecule has 0 aliphatic heterocycles. The van der Waals surface area contributed by atoms with Gasteiger partial charge < -0.3 is 20.1 Å². The van der Waals surface area contributed by atoms with E-state index in [1.165, 1.54) is 7.11 Å². The fourth-order valence-electron chi connectivity index (χ4n) is 5.14. The maximum atomic E-state index is 13.3. The number of hydrogen-bond acceptors (Lipinski definition) is 8. The Kier molecular flexibility index (Phi) is 8.65. The lowest BCUT2D eigenvalue weighted by molar-refractivity contribution is -0.147. The Morgan fingerprint density at radius 3 is 2.38 bits per heavy atom. The molecule has 0 aliphatic rings. The summed E-state index contributed by atoms with van der Waals surface area (Å²) in [6, 6.07) is 22.5. The van der Waals surface area contributed by atoms with Crippen molar-refractivity contribution in [2.45, 2.75) is 44.7 Å². The van der Waals surface area contributed by atoms with Crippen LogP contribution in [0, 0.1) is 0 Å². The minimum atomic E-state index is -1.62. The Morgan fingerprint density at radius 1 is 1.05 bits per heavy atom. The monoisotopic (exact) mass is 585 g/mol. The van der Waals surface area contributed by atoms with Crippen LogP contribution in [0.15, 0.2) is 72.8 Å². The number of aromatic hydroxyl groups is 1. The average Bonchev–Trinajstić information content (AvgIpc) is 3.65. The van der Waals surface area contributed by atoms with Gasteiger partial charge in [0.25, 0.3) is 0 Å². The predicted molar refractivity (Wildman–Crippen MR) is 160 cm³/mol. The minimum Gasteiger partial charge on any atom is -0.508 e. The molecule has 0 radical (unpaired) electrons. The summed E-state index contributed by atoms with van der Waals surface area (Å²) in [5.41, 5.74) is 10.2. The van der Waals surface area contributed by atoms with Gasteiger partial charge >= 0.3 is 5.97 Å². The molecule has 0 saturated carbocycles. The molecule has 0 amide bonds. The van der Waals surface area contributed by atoms with E-state index < -0.39 is 11.5 Å². The zero-order chi connectivity index (χ0) is 29.7. The van der Waals surface area contributed by atoms with Crippen LogP contribution in [0.3, 0.4) is 0 Å². The normalized spacial score (nSPS) is 12.7. The summed E-state index contributed by atoms with van der Waals surface area (Å²) < 4.78 is 7.13. The Bertz CT molecular complexity index is 1650. The first-order valence-corrected chi connectivity index (χ1v) is 14.0. The molecule has 2 heterocycles. The van der Waals surface area contributed by atoms with E-state index in [0.29, 0.717) is 24.5 Å². The number of carbonyl (C=O) groups excluding carboxylic acids is 1. The van der Waals surface area contributed by atoms with Gasteiger partial charge in [-0.05, 0) is 46.0 Å². The molecule has 0 fully saturated rings. The molecule has 0 saturated heterocycles. The Hall–Kier alpha value is -4.54. The molecule has 42 heavy (non-hydrogen) atoms. The van der Waals surface area contributed by atoms with Gasteiger partial charge in [0.1, 0.15) is 11.6 Å². The third kappa shape index (κ3) is 5.90. The van der Waals surface area contributed by atoms with Crippen LogP contribution in [0.25, 0.3) is 22.5 Å². The van der Waals surface area contributed by atoms with Crippen molar-refractivity contribution in [1.29, 1.82) is 0 Å². The number of aromatic amines is 1. The highest BCUT2D eigenvalue weighted by Crippen LogP contribution is 2.34. The number of nitrogens with one attached hydrogen (secondary N) is 1. The first-order valence-electron chi connectivity index (χ1n) is 13.7. The number of hydrogen-bond donors (Lipinski definition) is 3. The maximum absolute atomic E-state index is 13.3. The van der Waals surface area contributed by atoms with Gasteiger partial charge in [0.05, 0.1) is 12.8 Å². The maximum Gasteiger partial charge on any atom is 0.332 e. The summed E-state index contributed by atoms with van der Waals surface area (Å²) in [7, 11) is 1.30. The number of ether oxygens (including phenoxy) is 1. The number of benzene rings is 3. The first-order chi connectivity index (χ1) is 20.3. The number of aromatic nitrogens is 6. The van der Waals surface area contributed by atoms with Crippen LogP contribution >= 0.6 is 11.6 Å². The number of methoxy groups -OCH3 is 1. The number of H-pyrrole nitrogens is 1. The molecule has 10 nitrogen and oxygen atoms in total. The number of unbranched alkanes of at least 4 members (excludes halogenated alkanes) is 1. The van der Waals surface area contributed by atoms with Crippen LogP contribution in [0.4, 0.5) is 0 Å². The van der Waals surface area contributed by atoms with Crippen molar-refractivity contribution in [3.8, 4) is 28.3 Å². The molecule has 2 aromatic heterocycles. The van der Waals surface area contributed by atoms with E-state index in [4.69, 9.17) is 22.1 Å². The molecule has 11 heteroatoms. The largest absolute Gasteiger partial charge is 0.508 e. The number of rotatable bonds is 11. The number of aryl methyl sites for hydroxylation is 1. The summed E-state index contributed by atoms with van der Waals surface area (Å²) in [6.45, 7) is 2.50. The smallest absolute Gasteiger partial charge is 0.332 e. The molecule has 5 rings (SSSR count). The van der Waals surface area contributed by atoms with Gasteiger partial charge in [-0.1, -0.05) is 85.6 Å². The molecule has 0 unspecified atom stereocenters. The van der Waals surface area contributed by atoms with E-state index in [1.807, 2.05) is 53.1 Å². The number of tetrazole rings is 1. The Labute approximate surface area is 248 Å². The average molecular weight is 586 g/mol. The molecule has 0 bridgehead atoms. The van der Waals surface area contributed by atoms with Gasteiger partial charge in [-0.3, -0.25) is 0 Å². The molecule has 0 spiro atoms. The Morgan fingerprint density at radius 2 is 1.74 bits per heavy atom. The van der Waals surface area contributed by atoms with Crippen LogP contribution in [-0.4, -0.2) is 48.4 Å². The zero-order valence-corrected chi connectivity index (χ0v) is 24.2. The van der Waals surface area contributed by atoms with E-state index in [-0.39, 0.29) is 17.3 Å². The van der Waals surface area contributed by atoms with Gasteiger partial charge in [0.15, 0.2) is 10.7 Å². The fraction of sp³-hybridized carbons (Fsp3) is 0.258. The number of carbonyl (C=O) groups is 1. The van der Waals surface area contributed by atoms with Gasteiger partial charge in [-0.2, -0.15) is 5.21 Å². The summed E-state index contributed by atoms with van der Waals surface area (Å²) in [5.74, 6) is 0.748. The second-order valence-electron chi connectivity index (χ2n) is 10.1. The number of nitrogens with two attached hydrogens (primary N) is 1. The third-order valence-corrected chi connectivity index (χ3v) is 7.53.